The molecule has 0 radical (unpaired) electrons. The molecule has 0 unspecified atom stereocenters. The second-order valence-corrected chi connectivity index (χ2v) is 35.1. The van der Waals surface area contributed by atoms with Crippen LogP contribution in [0.1, 0.15) is 155 Å². The monoisotopic (exact) mass is 1690 g/mol. The Balaban J connectivity index is 0.000000143. The summed E-state index contributed by atoms with van der Waals surface area (Å²) in [6, 6.07) is 61.5. The second kappa shape index (κ2) is 45.0. The van der Waals surface area contributed by atoms with Gasteiger partial charge in [0.1, 0.15) is 37.8 Å². The van der Waals surface area contributed by atoms with Crippen LogP contribution < -0.4 is 27.0 Å². The van der Waals surface area contributed by atoms with Crippen molar-refractivity contribution in [2.45, 2.75) is 193 Å². The molecule has 0 atom stereocenters. The largest absolute Gasteiger partial charge is 0.366 e. The Morgan fingerprint density at radius 1 is 0.360 bits per heavy atom. The molecular weight excluding hydrogens is 1560 g/mol. The predicted molar refractivity (Wildman–Crippen MR) is 508 cm³/mol. The summed E-state index contributed by atoms with van der Waals surface area (Å²) in [5, 5.41) is 16.7. The van der Waals surface area contributed by atoms with E-state index >= 15 is 0 Å². The Morgan fingerprint density at radius 3 is 0.976 bits per heavy atom. The van der Waals surface area contributed by atoms with Crippen LogP contribution in [-0.4, -0.2) is 172 Å². The fourth-order valence-electron chi connectivity index (χ4n) is 18.4. The molecule has 4 aliphatic rings. The molecular formula is C105H129F2N13O5. The maximum absolute atomic E-state index is 14.4. The Morgan fingerprint density at radius 2 is 0.656 bits per heavy atom. The van der Waals surface area contributed by atoms with E-state index < -0.39 is 5.91 Å². The van der Waals surface area contributed by atoms with E-state index in [9.17, 15) is 32.8 Å². The first-order valence-electron chi connectivity index (χ1n) is 45.6. The highest BCUT2D eigenvalue weighted by Gasteiger charge is 2.24. The topological polar surface area (TPSA) is 192 Å². The molecule has 6 N–H and O–H groups in total. The maximum Gasteiger partial charge on any atom is 0.248 e. The zero-order valence-electron chi connectivity index (χ0n) is 74.3. The van der Waals surface area contributed by atoms with Gasteiger partial charge >= 0.3 is 0 Å². The van der Waals surface area contributed by atoms with Gasteiger partial charge in [0, 0.05) is 135 Å². The highest BCUT2D eigenvalue weighted by Crippen LogP contribution is 2.33. The van der Waals surface area contributed by atoms with E-state index in [1.54, 1.807) is 37.3 Å². The third-order valence-corrected chi connectivity index (χ3v) is 26.2. The average Bonchev–Trinajstić information content (AvgIpc) is 1.70. The summed E-state index contributed by atoms with van der Waals surface area (Å²) in [7, 11) is 8.67. The lowest BCUT2D eigenvalue weighted by atomic mass is 9.94. The van der Waals surface area contributed by atoms with Gasteiger partial charge in [-0.05, 0) is 243 Å². The van der Waals surface area contributed by atoms with Crippen molar-refractivity contribution in [3.8, 4) is 44.5 Å². The van der Waals surface area contributed by atoms with Gasteiger partial charge in [0.25, 0.3) is 0 Å². The molecule has 0 aliphatic heterocycles. The molecule has 4 saturated carbocycles. The van der Waals surface area contributed by atoms with Crippen LogP contribution in [0.25, 0.3) is 94.2 Å². The number of fused-ring (bicyclic) bond motifs is 4. The number of rotatable bonds is 30. The number of amides is 5. The molecule has 0 spiro atoms. The first-order chi connectivity index (χ1) is 60.7. The number of halogens is 2. The van der Waals surface area contributed by atoms with E-state index in [0.29, 0.717) is 80.1 Å². The number of nitrogens with zero attached hydrogens (tertiary/aromatic N) is 8. The van der Waals surface area contributed by atoms with Gasteiger partial charge in [0.2, 0.25) is 29.5 Å². The zero-order valence-corrected chi connectivity index (χ0v) is 74.3. The van der Waals surface area contributed by atoms with Crippen molar-refractivity contribution in [1.29, 1.82) is 0 Å². The van der Waals surface area contributed by atoms with E-state index in [1.165, 1.54) is 128 Å². The molecule has 4 aliphatic carbocycles. The van der Waals surface area contributed by atoms with Gasteiger partial charge in [0.15, 0.2) is 0 Å². The number of nitrogens with two attached hydrogens (primary N) is 1. The highest BCUT2D eigenvalue weighted by molar-refractivity contribution is 5.94. The summed E-state index contributed by atoms with van der Waals surface area (Å²) in [5.41, 5.74) is 20.0. The quantitative estimate of drug-likeness (QED) is 0.0291. The molecule has 4 aromatic heterocycles. The third kappa shape index (κ3) is 25.5. The van der Waals surface area contributed by atoms with Gasteiger partial charge in [-0.25, -0.2) is 8.78 Å². The van der Waals surface area contributed by atoms with Crippen molar-refractivity contribution in [1.82, 2.24) is 59.1 Å². The van der Waals surface area contributed by atoms with E-state index in [2.05, 4.69) is 136 Å². The van der Waals surface area contributed by atoms with Gasteiger partial charge < -0.3 is 64.9 Å². The van der Waals surface area contributed by atoms with Crippen molar-refractivity contribution >= 4 is 79.2 Å². The summed E-state index contributed by atoms with van der Waals surface area (Å²) in [5.74, 6) is -0.756. The average molecular weight is 1690 g/mol. The van der Waals surface area contributed by atoms with Crippen LogP contribution >= 0.6 is 0 Å². The second-order valence-electron chi connectivity index (χ2n) is 35.1. The fraction of sp³-hybridized carbons (Fsp3) is 0.400. The van der Waals surface area contributed by atoms with Crippen LogP contribution in [0.2, 0.25) is 0 Å². The minimum Gasteiger partial charge on any atom is -0.366 e. The van der Waals surface area contributed by atoms with Gasteiger partial charge in [-0.1, -0.05) is 199 Å². The van der Waals surface area contributed by atoms with Crippen LogP contribution in [0.3, 0.4) is 0 Å². The summed E-state index contributed by atoms with van der Waals surface area (Å²) in [6.45, 7) is 14.9. The van der Waals surface area contributed by atoms with Crippen molar-refractivity contribution in [3.05, 3.63) is 247 Å². The van der Waals surface area contributed by atoms with Crippen LogP contribution in [0.15, 0.2) is 213 Å². The van der Waals surface area contributed by atoms with Crippen LogP contribution in [0.4, 0.5) is 8.78 Å². The minimum absolute atomic E-state index is 0.00136. The third-order valence-electron chi connectivity index (χ3n) is 26.2. The molecule has 4 heterocycles. The normalized spacial score (nSPS) is 14.8. The van der Waals surface area contributed by atoms with Crippen LogP contribution in [0.5, 0.6) is 0 Å². The number of aryl methyl sites for hydroxylation is 2. The Hall–Kier alpha value is -11.3. The summed E-state index contributed by atoms with van der Waals surface area (Å²) >= 11 is 0. The molecule has 20 heteroatoms. The summed E-state index contributed by atoms with van der Waals surface area (Å²) in [6.07, 6.45) is 35.9. The van der Waals surface area contributed by atoms with Crippen molar-refractivity contribution < 1.29 is 32.8 Å². The molecule has 658 valence electrons. The molecule has 125 heavy (non-hydrogen) atoms. The number of aromatic nitrogens is 4. The predicted octanol–water partition coefficient (Wildman–Crippen LogP) is 19.4. The lowest BCUT2D eigenvalue weighted by Crippen LogP contribution is -2.40. The number of carbonyl (C=O) groups excluding carboxylic acids is 5. The number of hydrogen-bond acceptors (Lipinski definition) is 9. The van der Waals surface area contributed by atoms with Crippen molar-refractivity contribution in [3.63, 3.8) is 0 Å². The number of carbonyl (C=O) groups is 5. The van der Waals surface area contributed by atoms with E-state index in [1.807, 2.05) is 147 Å². The van der Waals surface area contributed by atoms with Gasteiger partial charge in [0.05, 0.1) is 0 Å². The minimum atomic E-state index is -0.433. The number of primary amides is 1. The Kier molecular flexibility index (Phi) is 32.9. The van der Waals surface area contributed by atoms with E-state index in [4.69, 9.17) is 5.73 Å². The van der Waals surface area contributed by atoms with Crippen LogP contribution in [-0.2, 0) is 45.4 Å². The summed E-state index contributed by atoms with van der Waals surface area (Å²) < 4.78 is 36.4. The highest BCUT2D eigenvalue weighted by atomic mass is 19.1. The number of benzene rings is 8. The maximum atomic E-state index is 14.4. The SMILES string of the molecule is C=Cc1ccc(-c2ccc3ccn(CC(=O)NCCN(C)C4CCCCC4)c3c2)cc1.CN(CCNC(=O)Cn1ccc2ccc(-c3ccc(C(N)=O)cc3)cc21)C1CCCCC1.Cc1ccc(-c2ccc3ccn(CC(=O)NCCN(C)C4CCCCC4)c3c2)c(F)c1.Cc1ccc(-c2ccc3ccn(CC(=O)NCCN(C)C4CCCCC4)c3c2)cc1F. The van der Waals surface area contributed by atoms with Gasteiger partial charge in [-0.2, -0.15) is 0 Å². The van der Waals surface area contributed by atoms with Gasteiger partial charge in [-0.15, -0.1) is 0 Å². The van der Waals surface area contributed by atoms with Crippen molar-refractivity contribution in [2.75, 3.05) is 80.5 Å². The Labute approximate surface area is 737 Å². The summed E-state index contributed by atoms with van der Waals surface area (Å²) in [4.78, 5) is 71.1. The molecule has 8 aromatic carbocycles. The molecule has 18 nitrogen and oxygen atoms in total. The van der Waals surface area contributed by atoms with Gasteiger partial charge in [-0.3, -0.25) is 24.0 Å². The Bertz CT molecular complexity index is 5580. The molecule has 4 fully saturated rings. The smallest absolute Gasteiger partial charge is 0.248 e. The standard InChI is InChI=1S/C27H33N3O.2C26H32FN3O.C26H32N4O2/c1-3-21-9-11-22(12-10-21)24-14-13-23-15-17-30(26(23)19-24)20-27(31)28-16-18-29(2)25-7-5-4-6-8-25;1-19-8-11-23(24(27)16-19)21-10-9-20-12-14-30(25(20)17-21)18-26(31)28-13-15-29(2)22-6-4-3-5-7-22;1-19-8-9-21(16-24(19)27)22-11-10-20-12-14-30(25(20)17-22)18-26(31)28-13-15-29(2)23-6-4-3-5-7-23;1-29(23-5-3-2-4-6-23)16-14-28-25(31)18-30-15-13-20-9-12-22(17-24(20)30)19-7-10-21(11-8-19)26(27)32/h3,9-15,17,19,25H,1,4-8,16,18,20H2,2H3,(H,28,31);8-12,14,16-17,22H,3-7,13,15,18H2,1-2H3,(H,28,31);8-12,14,16-17,23H,3-7,13,15,18H2,1-2H3,(H,28,31);7-13,15,17,23H,2-6,14,16,18H2,1H3,(H2,27,32)(H,28,31). The number of hydrogen-bond donors (Lipinski definition) is 5. The molecule has 0 bridgehead atoms. The first kappa shape index (κ1) is 91.4. The zero-order chi connectivity index (χ0) is 87.7. The number of likely N-dealkylation sites (N-methyl/N-ethyl adjacent to an activating group) is 4. The first-order valence-corrected chi connectivity index (χ1v) is 45.6. The van der Waals surface area contributed by atoms with E-state index in [0.717, 1.165) is 120 Å². The molecule has 16 rings (SSSR count). The lowest BCUT2D eigenvalue weighted by Gasteiger charge is -2.31. The number of nitrogens with one attached hydrogen (secondary N) is 4. The van der Waals surface area contributed by atoms with Crippen molar-refractivity contribution in [2.24, 2.45) is 5.73 Å². The molecule has 5 amide bonds. The van der Waals surface area contributed by atoms with E-state index in [-0.39, 0.29) is 48.4 Å². The molecule has 12 aromatic rings. The van der Waals surface area contributed by atoms with Crippen LogP contribution in [0, 0.1) is 25.5 Å². The fourth-order valence-corrected chi connectivity index (χ4v) is 18.4. The lowest BCUT2D eigenvalue weighted by molar-refractivity contribution is -0.122. The molecule has 0 saturated heterocycles.